The highest BCUT2D eigenvalue weighted by Crippen LogP contribution is 2.20. The maximum Gasteiger partial charge on any atom is 0.270 e. The summed E-state index contributed by atoms with van der Waals surface area (Å²) < 4.78 is 5.33. The Labute approximate surface area is 154 Å². The van der Waals surface area contributed by atoms with Gasteiger partial charge in [0.05, 0.1) is 13.2 Å². The molecule has 1 saturated heterocycles. The Balaban J connectivity index is 1.61. The van der Waals surface area contributed by atoms with Gasteiger partial charge in [-0.05, 0) is 25.1 Å². The summed E-state index contributed by atoms with van der Waals surface area (Å²) in [5.41, 5.74) is 1.38. The third kappa shape index (κ3) is 4.77. The van der Waals surface area contributed by atoms with Gasteiger partial charge in [-0.25, -0.2) is 9.97 Å². The van der Waals surface area contributed by atoms with Gasteiger partial charge in [-0.15, -0.1) is 0 Å². The number of nitrogens with one attached hydrogen (secondary N) is 1. The van der Waals surface area contributed by atoms with Crippen molar-refractivity contribution < 1.29 is 9.53 Å². The van der Waals surface area contributed by atoms with Crippen LogP contribution in [0.3, 0.4) is 0 Å². The molecule has 2 aromatic rings. The molecule has 1 amide bonds. The van der Waals surface area contributed by atoms with Crippen molar-refractivity contribution in [1.29, 1.82) is 0 Å². The zero-order valence-corrected chi connectivity index (χ0v) is 15.1. The van der Waals surface area contributed by atoms with Gasteiger partial charge in [0, 0.05) is 44.6 Å². The van der Waals surface area contributed by atoms with Crippen LogP contribution < -0.4 is 10.2 Å². The Bertz CT molecular complexity index is 704. The lowest BCUT2D eigenvalue weighted by Crippen LogP contribution is -2.41. The smallest absolute Gasteiger partial charge is 0.270 e. The number of anilines is 2. The van der Waals surface area contributed by atoms with Crippen molar-refractivity contribution >= 4 is 17.5 Å². The van der Waals surface area contributed by atoms with E-state index in [0.29, 0.717) is 24.7 Å². The molecule has 0 unspecified atom stereocenters. The summed E-state index contributed by atoms with van der Waals surface area (Å²) in [4.78, 5) is 25.5. The first-order valence-electron chi connectivity index (χ1n) is 9.02. The summed E-state index contributed by atoms with van der Waals surface area (Å²) in [6.45, 7) is 7.50. The molecule has 1 aliphatic heterocycles. The van der Waals surface area contributed by atoms with Gasteiger partial charge >= 0.3 is 0 Å². The Hall–Kier alpha value is -2.51. The monoisotopic (exact) mass is 355 g/mol. The Kier molecular flexibility index (Phi) is 6.51. The fraction of sp³-hybridized carbons (Fsp3) is 0.421. The zero-order chi connectivity index (χ0) is 18.2. The van der Waals surface area contributed by atoms with Gasteiger partial charge in [0.2, 0.25) is 5.95 Å². The number of morpholine rings is 1. The molecule has 0 radical (unpaired) electrons. The fourth-order valence-corrected chi connectivity index (χ4v) is 2.90. The van der Waals surface area contributed by atoms with Crippen molar-refractivity contribution in [2.24, 2.45) is 0 Å². The molecule has 1 fully saturated rings. The van der Waals surface area contributed by atoms with Crippen molar-refractivity contribution in [3.05, 3.63) is 48.3 Å². The van der Waals surface area contributed by atoms with Crippen LogP contribution in [0.4, 0.5) is 11.6 Å². The van der Waals surface area contributed by atoms with Gasteiger partial charge in [-0.1, -0.05) is 18.2 Å². The van der Waals surface area contributed by atoms with Crippen LogP contribution >= 0.6 is 0 Å². The molecule has 1 aromatic carbocycles. The minimum atomic E-state index is -0.175. The van der Waals surface area contributed by atoms with E-state index in [1.165, 1.54) is 0 Å². The average molecular weight is 355 g/mol. The molecule has 1 N–H and O–H groups in total. The molecule has 0 bridgehead atoms. The van der Waals surface area contributed by atoms with Gasteiger partial charge in [0.25, 0.3) is 5.91 Å². The third-order valence-electron chi connectivity index (χ3n) is 4.32. The molecule has 2 heterocycles. The van der Waals surface area contributed by atoms with Gasteiger partial charge < -0.3 is 15.0 Å². The van der Waals surface area contributed by atoms with E-state index in [2.05, 4.69) is 20.2 Å². The highest BCUT2D eigenvalue weighted by Gasteiger charge is 2.15. The molecule has 1 aliphatic rings. The minimum absolute atomic E-state index is 0.175. The molecule has 7 heteroatoms. The van der Waals surface area contributed by atoms with Crippen molar-refractivity contribution in [1.82, 2.24) is 20.2 Å². The van der Waals surface area contributed by atoms with Gasteiger partial charge in [-0.2, -0.15) is 0 Å². The highest BCUT2D eigenvalue weighted by molar-refractivity contribution is 5.92. The van der Waals surface area contributed by atoms with E-state index in [1.54, 1.807) is 12.3 Å². The van der Waals surface area contributed by atoms with Gasteiger partial charge in [0.15, 0.2) is 0 Å². The lowest BCUT2D eigenvalue weighted by Gasteiger charge is -2.26. The first-order chi connectivity index (χ1) is 12.8. The first-order valence-corrected chi connectivity index (χ1v) is 9.02. The van der Waals surface area contributed by atoms with Crippen LogP contribution in [0, 0.1) is 0 Å². The van der Waals surface area contributed by atoms with Crippen LogP contribution in [0.1, 0.15) is 17.4 Å². The van der Waals surface area contributed by atoms with Gasteiger partial charge in [0.1, 0.15) is 5.69 Å². The molecule has 0 atom stereocenters. The number of para-hydroxylation sites is 1. The number of carbonyl (C=O) groups excluding carboxylic acids is 1. The molecule has 1 aromatic heterocycles. The van der Waals surface area contributed by atoms with E-state index in [4.69, 9.17) is 4.74 Å². The van der Waals surface area contributed by atoms with Crippen LogP contribution in [0.5, 0.6) is 0 Å². The maximum absolute atomic E-state index is 12.4. The molecule has 0 aliphatic carbocycles. The van der Waals surface area contributed by atoms with Crippen LogP contribution in [0.15, 0.2) is 42.6 Å². The molecular formula is C19H25N5O2. The van der Waals surface area contributed by atoms with Crippen LogP contribution in [-0.2, 0) is 4.74 Å². The minimum Gasteiger partial charge on any atom is -0.379 e. The lowest BCUT2D eigenvalue weighted by molar-refractivity contribution is 0.0383. The summed E-state index contributed by atoms with van der Waals surface area (Å²) in [7, 11) is 0. The quantitative estimate of drug-likeness (QED) is 0.815. The number of rotatable bonds is 7. The fourth-order valence-electron chi connectivity index (χ4n) is 2.90. The summed E-state index contributed by atoms with van der Waals surface area (Å²) in [5, 5.41) is 2.94. The van der Waals surface area contributed by atoms with Gasteiger partial charge in [-0.3, -0.25) is 9.69 Å². The van der Waals surface area contributed by atoms with Crippen molar-refractivity contribution in [3.63, 3.8) is 0 Å². The van der Waals surface area contributed by atoms with E-state index in [9.17, 15) is 4.79 Å². The van der Waals surface area contributed by atoms with Crippen molar-refractivity contribution in [2.45, 2.75) is 6.92 Å². The van der Waals surface area contributed by atoms with Crippen LogP contribution in [-0.4, -0.2) is 66.7 Å². The third-order valence-corrected chi connectivity index (χ3v) is 4.32. The molecule has 7 nitrogen and oxygen atoms in total. The number of hydrogen-bond donors (Lipinski definition) is 1. The number of aromatic nitrogens is 2. The second-order valence-electron chi connectivity index (χ2n) is 6.03. The predicted octanol–water partition coefficient (Wildman–Crippen LogP) is 1.70. The summed E-state index contributed by atoms with van der Waals surface area (Å²) in [6, 6.07) is 11.6. The summed E-state index contributed by atoms with van der Waals surface area (Å²) in [5.74, 6) is 0.352. The number of hydrogen-bond acceptors (Lipinski definition) is 6. The molecule has 138 valence electrons. The van der Waals surface area contributed by atoms with E-state index in [-0.39, 0.29) is 5.91 Å². The number of ether oxygens (including phenoxy) is 1. The van der Waals surface area contributed by atoms with E-state index < -0.39 is 0 Å². The molecular weight excluding hydrogens is 330 g/mol. The lowest BCUT2D eigenvalue weighted by atomic mass is 10.3. The number of carbonyl (C=O) groups is 1. The SMILES string of the molecule is CCN(c1ccccc1)c1nccc(C(=O)NCCN2CCOCC2)n1. The topological polar surface area (TPSA) is 70.6 Å². The average Bonchev–Trinajstić information content (AvgIpc) is 2.70. The number of amides is 1. The Morgan fingerprint density at radius 3 is 2.73 bits per heavy atom. The maximum atomic E-state index is 12.4. The van der Waals surface area contributed by atoms with Crippen molar-refractivity contribution in [2.75, 3.05) is 50.8 Å². The van der Waals surface area contributed by atoms with E-state index in [0.717, 1.165) is 38.5 Å². The zero-order valence-electron chi connectivity index (χ0n) is 15.1. The summed E-state index contributed by atoms with van der Waals surface area (Å²) >= 11 is 0. The highest BCUT2D eigenvalue weighted by atomic mass is 16.5. The largest absolute Gasteiger partial charge is 0.379 e. The second-order valence-corrected chi connectivity index (χ2v) is 6.03. The van der Waals surface area contributed by atoms with Crippen LogP contribution in [0.2, 0.25) is 0 Å². The van der Waals surface area contributed by atoms with Crippen molar-refractivity contribution in [3.8, 4) is 0 Å². The van der Waals surface area contributed by atoms with E-state index in [1.807, 2.05) is 42.2 Å². The normalized spacial score (nSPS) is 14.8. The summed E-state index contributed by atoms with van der Waals surface area (Å²) in [6.07, 6.45) is 1.63. The molecule has 0 saturated carbocycles. The molecule has 0 spiro atoms. The number of benzene rings is 1. The first kappa shape index (κ1) is 18.3. The predicted molar refractivity (Wildman–Crippen MR) is 101 cm³/mol. The Morgan fingerprint density at radius 1 is 1.23 bits per heavy atom. The Morgan fingerprint density at radius 2 is 2.00 bits per heavy atom. The van der Waals surface area contributed by atoms with Crippen LogP contribution in [0.25, 0.3) is 0 Å². The standard InChI is InChI=1S/C19H25N5O2/c1-2-24(16-6-4-3-5-7-16)19-21-9-8-17(22-19)18(25)20-10-11-23-12-14-26-15-13-23/h3-9H,2,10-15H2,1H3,(H,20,25). The van der Waals surface area contributed by atoms with E-state index >= 15 is 0 Å². The molecule has 3 rings (SSSR count). The second kappa shape index (κ2) is 9.26. The number of nitrogens with zero attached hydrogens (tertiary/aromatic N) is 4. The molecule has 26 heavy (non-hydrogen) atoms.